The summed E-state index contributed by atoms with van der Waals surface area (Å²) in [5.74, 6) is -2.40. The molecule has 0 spiro atoms. The summed E-state index contributed by atoms with van der Waals surface area (Å²) < 4.78 is 15.7. The first-order chi connectivity index (χ1) is 23.3. The van der Waals surface area contributed by atoms with Crippen LogP contribution in [0.4, 0.5) is 0 Å². The molecule has 0 aliphatic carbocycles. The number of hydrogen-bond donors (Lipinski definition) is 7. The maximum atomic E-state index is 14.0. The Morgan fingerprint density at radius 2 is 1.63 bits per heavy atom. The number of rotatable bonds is 15. The molecule has 2 aromatic carbocycles. The lowest BCUT2D eigenvalue weighted by molar-refractivity contribution is -0.145. The molecule has 0 radical (unpaired) electrons. The molecule has 8 N–H and O–H groups in total. The summed E-state index contributed by atoms with van der Waals surface area (Å²) in [5, 5.41) is 11.4. The van der Waals surface area contributed by atoms with Crippen molar-refractivity contribution in [1.82, 2.24) is 26.2 Å². The van der Waals surface area contributed by atoms with Gasteiger partial charge in [-0.2, -0.15) is 0 Å². The van der Waals surface area contributed by atoms with Crippen molar-refractivity contribution in [3.05, 3.63) is 65.7 Å². The molecule has 1 unspecified atom stereocenters. The molecule has 2 fully saturated rings. The minimum atomic E-state index is -4.71. The molecule has 0 aromatic heterocycles. The molecular weight excluding hydrogens is 655 g/mol. The van der Waals surface area contributed by atoms with Gasteiger partial charge in [0.05, 0.1) is 6.04 Å². The van der Waals surface area contributed by atoms with Crippen LogP contribution < -0.4 is 31.5 Å². The van der Waals surface area contributed by atoms with Crippen LogP contribution in [0.5, 0.6) is 5.75 Å². The highest BCUT2D eigenvalue weighted by Gasteiger charge is 2.44. The second kappa shape index (κ2) is 17.4. The first-order valence-electron chi connectivity index (χ1n) is 16.4. The molecule has 2 heterocycles. The molecule has 16 heteroatoms. The van der Waals surface area contributed by atoms with Gasteiger partial charge in [-0.15, -0.1) is 0 Å². The number of primary amides is 1. The van der Waals surface area contributed by atoms with E-state index in [1.165, 1.54) is 12.1 Å². The zero-order valence-electron chi connectivity index (χ0n) is 27.4. The van der Waals surface area contributed by atoms with Crippen molar-refractivity contribution in [3.8, 4) is 5.75 Å². The first kappa shape index (κ1) is 37.5. The lowest BCUT2D eigenvalue weighted by Gasteiger charge is -2.36. The normalized spacial score (nSPS) is 20.6. The van der Waals surface area contributed by atoms with Crippen LogP contribution in [0, 0.1) is 0 Å². The highest BCUT2D eigenvalue weighted by Crippen LogP contribution is 2.37. The van der Waals surface area contributed by atoms with Crippen LogP contribution in [0.2, 0.25) is 0 Å². The van der Waals surface area contributed by atoms with Crippen molar-refractivity contribution in [1.29, 1.82) is 0 Å². The van der Waals surface area contributed by atoms with Gasteiger partial charge in [0.1, 0.15) is 23.9 Å². The van der Waals surface area contributed by atoms with Crippen LogP contribution >= 0.6 is 7.82 Å². The molecule has 2 aliphatic heterocycles. The number of nitrogens with one attached hydrogen (secondary N) is 4. The molecule has 2 aliphatic rings. The number of fused-ring (bicyclic) bond motifs is 1. The highest BCUT2D eigenvalue weighted by atomic mass is 31.2. The van der Waals surface area contributed by atoms with Gasteiger partial charge in [0.15, 0.2) is 0 Å². The van der Waals surface area contributed by atoms with E-state index in [0.717, 1.165) is 12.0 Å². The number of hydrogen-bond acceptors (Lipinski definition) is 8. The molecule has 0 saturated carbocycles. The van der Waals surface area contributed by atoms with Crippen molar-refractivity contribution < 1.29 is 42.8 Å². The minimum Gasteiger partial charge on any atom is -0.404 e. The third-order valence-corrected chi connectivity index (χ3v) is 9.28. The van der Waals surface area contributed by atoms with Gasteiger partial charge < -0.3 is 36.4 Å². The van der Waals surface area contributed by atoms with Crippen molar-refractivity contribution in [2.24, 2.45) is 5.73 Å². The summed E-state index contributed by atoms with van der Waals surface area (Å²) in [6, 6.07) is 11.5. The second-order valence-electron chi connectivity index (χ2n) is 12.4. The van der Waals surface area contributed by atoms with E-state index in [2.05, 4.69) is 25.8 Å². The van der Waals surface area contributed by atoms with E-state index in [0.29, 0.717) is 37.7 Å². The van der Waals surface area contributed by atoms with E-state index in [1.54, 1.807) is 24.1 Å². The molecule has 2 aromatic rings. The number of likely N-dealkylation sites (N-methyl/N-ethyl adjacent to an activating group) is 1. The van der Waals surface area contributed by atoms with Crippen molar-refractivity contribution in [2.45, 2.75) is 94.5 Å². The average Bonchev–Trinajstić information content (AvgIpc) is 3.48. The fraction of sp³-hybridized carbons (Fsp3) is 0.485. The van der Waals surface area contributed by atoms with E-state index in [4.69, 9.17) is 15.5 Å². The van der Waals surface area contributed by atoms with E-state index >= 15 is 0 Å². The number of benzene rings is 2. The largest absolute Gasteiger partial charge is 0.524 e. The standard InChI is InChI=1S/C33H45N6O9P/c1-35-27(19-21-11-14-24(15-12-21)48-49(45,46)47)31(42)38-26-10-6-5-9-23-13-17-28(39(23)33(26)44)32(43)37-25(16-18-29(34)40)30(41)36-20-22-7-3-2-4-8-22/h2-4,7-8,11-12,14-15,23,25-28,35H,5-6,9-10,13,16-20H2,1H3,(H2,34,40)(H,36,41)(H,37,43)(H,38,42)(H2,45,46,47)/t23-,25-,26?,27-,28-/m0/s1. The Morgan fingerprint density at radius 3 is 2.29 bits per heavy atom. The number of nitrogens with zero attached hydrogens (tertiary/aromatic N) is 1. The van der Waals surface area contributed by atoms with Crippen molar-refractivity contribution in [2.75, 3.05) is 7.05 Å². The monoisotopic (exact) mass is 700 g/mol. The highest BCUT2D eigenvalue weighted by molar-refractivity contribution is 7.46. The number of carbonyl (C=O) groups is 5. The van der Waals surface area contributed by atoms with Crippen LogP contribution in [0.1, 0.15) is 62.5 Å². The Labute approximate surface area is 284 Å². The Bertz CT molecular complexity index is 1520. The molecule has 2 saturated heterocycles. The van der Waals surface area contributed by atoms with Crippen LogP contribution in [0.25, 0.3) is 0 Å². The number of carbonyl (C=O) groups excluding carboxylic acids is 5. The summed E-state index contributed by atoms with van der Waals surface area (Å²) in [7, 11) is -3.10. The zero-order valence-corrected chi connectivity index (χ0v) is 28.3. The van der Waals surface area contributed by atoms with Crippen LogP contribution in [0.15, 0.2) is 54.6 Å². The van der Waals surface area contributed by atoms with Crippen molar-refractivity contribution >= 4 is 37.4 Å². The number of amides is 5. The maximum absolute atomic E-state index is 14.0. The van der Waals surface area contributed by atoms with Gasteiger partial charge >= 0.3 is 7.82 Å². The Hall–Kier alpha value is -4.30. The third-order valence-electron chi connectivity index (χ3n) is 8.83. The molecular formula is C33H45N6O9P. The van der Waals surface area contributed by atoms with Gasteiger partial charge in [-0.3, -0.25) is 33.8 Å². The number of nitrogens with two attached hydrogens (primary N) is 1. The summed E-state index contributed by atoms with van der Waals surface area (Å²) in [6.45, 7) is 0.226. The SMILES string of the molecule is CN[C@@H](Cc1ccc(OP(=O)(O)O)cc1)C(=O)NC1CCCC[C@H]2CC[C@@H](C(=O)N[C@@H](CCC(N)=O)C(=O)NCc3ccccc3)N2C1=O. The first-order valence-corrected chi connectivity index (χ1v) is 17.9. The van der Waals surface area contributed by atoms with Gasteiger partial charge in [0.2, 0.25) is 29.5 Å². The van der Waals surface area contributed by atoms with Crippen LogP contribution in [-0.4, -0.2) is 81.5 Å². The number of phosphoric acid groups is 1. The van der Waals surface area contributed by atoms with Gasteiger partial charge in [0.25, 0.3) is 0 Å². The average molecular weight is 701 g/mol. The van der Waals surface area contributed by atoms with Crippen LogP contribution in [0.3, 0.4) is 0 Å². The lowest BCUT2D eigenvalue weighted by atomic mass is 9.98. The molecule has 15 nitrogen and oxygen atoms in total. The van der Waals surface area contributed by atoms with E-state index < -0.39 is 55.6 Å². The quantitative estimate of drug-likeness (QED) is 0.129. The minimum absolute atomic E-state index is 0.00466. The van der Waals surface area contributed by atoms with Gasteiger partial charge in [0, 0.05) is 19.0 Å². The number of phosphoric ester groups is 1. The fourth-order valence-electron chi connectivity index (χ4n) is 6.31. The summed E-state index contributed by atoms with van der Waals surface area (Å²) in [5.41, 5.74) is 6.89. The topological polar surface area (TPSA) is 229 Å². The maximum Gasteiger partial charge on any atom is 0.524 e. The fourth-order valence-corrected chi connectivity index (χ4v) is 6.71. The molecule has 266 valence electrons. The van der Waals surface area contributed by atoms with E-state index in [1.807, 2.05) is 30.3 Å². The lowest BCUT2D eigenvalue weighted by Crippen LogP contribution is -2.59. The summed E-state index contributed by atoms with van der Waals surface area (Å²) in [4.78, 5) is 85.5. The van der Waals surface area contributed by atoms with Gasteiger partial charge in [-0.25, -0.2) is 4.57 Å². The Kier molecular flexibility index (Phi) is 13.3. The van der Waals surface area contributed by atoms with Crippen molar-refractivity contribution in [3.63, 3.8) is 0 Å². The van der Waals surface area contributed by atoms with E-state index in [9.17, 15) is 28.5 Å². The Balaban J connectivity index is 1.42. The van der Waals surface area contributed by atoms with Crippen LogP contribution in [-0.2, 0) is 41.5 Å². The summed E-state index contributed by atoms with van der Waals surface area (Å²) >= 11 is 0. The third kappa shape index (κ3) is 11.1. The predicted molar refractivity (Wildman–Crippen MR) is 178 cm³/mol. The molecule has 5 atom stereocenters. The molecule has 4 rings (SSSR count). The van der Waals surface area contributed by atoms with E-state index in [-0.39, 0.29) is 43.5 Å². The molecule has 0 bridgehead atoms. The molecule has 49 heavy (non-hydrogen) atoms. The van der Waals surface area contributed by atoms with Gasteiger partial charge in [-0.1, -0.05) is 55.3 Å². The second-order valence-corrected chi connectivity index (χ2v) is 13.5. The zero-order chi connectivity index (χ0) is 35.6. The smallest absolute Gasteiger partial charge is 0.404 e. The van der Waals surface area contributed by atoms with Gasteiger partial charge in [-0.05, 0) is 68.8 Å². The molecule has 5 amide bonds. The Morgan fingerprint density at radius 1 is 0.939 bits per heavy atom. The summed E-state index contributed by atoms with van der Waals surface area (Å²) in [6.07, 6.45) is 3.68. The predicted octanol–water partition coefficient (Wildman–Crippen LogP) is 0.774.